The Kier molecular flexibility index (Phi) is 3.77. The van der Waals surface area contributed by atoms with Crippen molar-refractivity contribution >= 4 is 0 Å². The minimum Gasteiger partial charge on any atom is -0.0617 e. The van der Waals surface area contributed by atoms with Crippen LogP contribution in [0.25, 0.3) is 0 Å². The molecule has 0 aromatic heterocycles. The molecule has 1 aromatic rings. The van der Waals surface area contributed by atoms with E-state index in [9.17, 15) is 0 Å². The van der Waals surface area contributed by atoms with Gasteiger partial charge in [-0.2, -0.15) is 0 Å². The van der Waals surface area contributed by atoms with E-state index in [2.05, 4.69) is 39.0 Å². The van der Waals surface area contributed by atoms with Gasteiger partial charge in [0.2, 0.25) is 0 Å². The van der Waals surface area contributed by atoms with Crippen LogP contribution in [0.5, 0.6) is 0 Å². The number of hydrogen-bond donors (Lipinski definition) is 0. The van der Waals surface area contributed by atoms with Gasteiger partial charge < -0.3 is 0 Å². The third-order valence-corrected chi connectivity index (χ3v) is 1.88. The topological polar surface area (TPSA) is 0 Å². The molecule has 53 valence electrons. The fourth-order valence-electron chi connectivity index (χ4n) is 0.898. The Morgan fingerprint density at radius 2 is 1.30 bits per heavy atom. The first-order valence-corrected chi connectivity index (χ1v) is 3.24. The molecule has 0 saturated carbocycles. The number of rotatable bonds is 0. The largest absolute Gasteiger partial charge is 0.0617 e. The van der Waals surface area contributed by atoms with Gasteiger partial charge in [0.1, 0.15) is 0 Å². The summed E-state index contributed by atoms with van der Waals surface area (Å²) in [6, 6.07) is 6.38. The second-order valence-electron chi connectivity index (χ2n) is 2.52. The molecule has 1 heteroatoms. The van der Waals surface area contributed by atoms with Crippen LogP contribution < -0.4 is 0 Å². The Labute approximate surface area is 74.5 Å². The molecular weight excluding hydrogens is 159 g/mol. The van der Waals surface area contributed by atoms with E-state index in [0.29, 0.717) is 0 Å². The number of aryl methyl sites for hydroxylation is 2. The van der Waals surface area contributed by atoms with E-state index in [-0.39, 0.29) is 18.6 Å². The molecule has 0 aliphatic carbocycles. The maximum atomic E-state index is 2.16. The van der Waals surface area contributed by atoms with Crippen LogP contribution in [0.1, 0.15) is 16.7 Å². The van der Waals surface area contributed by atoms with Crippen molar-refractivity contribution < 1.29 is 18.6 Å². The molecule has 0 aliphatic heterocycles. The summed E-state index contributed by atoms with van der Waals surface area (Å²) in [6.07, 6.45) is 0. The summed E-state index contributed by atoms with van der Waals surface area (Å²) in [6.45, 7) is 6.44. The van der Waals surface area contributed by atoms with Crippen molar-refractivity contribution in [3.8, 4) is 0 Å². The van der Waals surface area contributed by atoms with Gasteiger partial charge in [0, 0.05) is 18.6 Å². The molecule has 0 amide bonds. The van der Waals surface area contributed by atoms with Crippen molar-refractivity contribution in [3.05, 3.63) is 34.9 Å². The fraction of sp³-hybridized carbons (Fsp3) is 0.333. The number of hydrogen-bond acceptors (Lipinski definition) is 0. The third kappa shape index (κ3) is 1.90. The van der Waals surface area contributed by atoms with Gasteiger partial charge in [0.25, 0.3) is 0 Å². The smallest absolute Gasteiger partial charge is 0 e. The van der Waals surface area contributed by atoms with Crippen molar-refractivity contribution in [1.29, 1.82) is 0 Å². The Morgan fingerprint density at radius 3 is 1.60 bits per heavy atom. The zero-order valence-corrected chi connectivity index (χ0v) is 8.08. The van der Waals surface area contributed by atoms with E-state index in [1.165, 1.54) is 16.7 Å². The molecule has 0 heterocycles. The Balaban J connectivity index is 0.000000810. The summed E-state index contributed by atoms with van der Waals surface area (Å²) in [7, 11) is 0. The predicted octanol–water partition coefficient (Wildman–Crippen LogP) is 2.61. The van der Waals surface area contributed by atoms with Gasteiger partial charge in [-0.05, 0) is 37.5 Å². The van der Waals surface area contributed by atoms with E-state index < -0.39 is 0 Å². The second kappa shape index (κ2) is 3.85. The standard InChI is InChI=1S/C9H12.V/c1-7-5-4-6-8(2)9(7)3;/h4-6H,1-3H3;. The van der Waals surface area contributed by atoms with Gasteiger partial charge in [0.15, 0.2) is 0 Å². The van der Waals surface area contributed by atoms with Crippen LogP contribution in [0.4, 0.5) is 0 Å². The molecule has 0 saturated heterocycles. The van der Waals surface area contributed by atoms with Crippen molar-refractivity contribution in [2.45, 2.75) is 20.8 Å². The molecule has 0 fully saturated rings. The molecule has 1 radical (unpaired) electrons. The van der Waals surface area contributed by atoms with Gasteiger partial charge in [-0.1, -0.05) is 18.2 Å². The van der Waals surface area contributed by atoms with E-state index in [0.717, 1.165) is 0 Å². The normalized spacial score (nSPS) is 8.70. The molecule has 0 bridgehead atoms. The first-order chi connectivity index (χ1) is 4.22. The van der Waals surface area contributed by atoms with E-state index in [4.69, 9.17) is 0 Å². The first kappa shape index (κ1) is 9.80. The molecule has 1 aromatic carbocycles. The summed E-state index contributed by atoms with van der Waals surface area (Å²) < 4.78 is 0. The SMILES string of the molecule is Cc1cccc(C)c1C.[V]. The van der Waals surface area contributed by atoms with Crippen LogP contribution >= 0.6 is 0 Å². The first-order valence-electron chi connectivity index (χ1n) is 3.24. The molecule has 10 heavy (non-hydrogen) atoms. The van der Waals surface area contributed by atoms with Gasteiger partial charge >= 0.3 is 0 Å². The molecule has 0 N–H and O–H groups in total. The summed E-state index contributed by atoms with van der Waals surface area (Å²) in [5.41, 5.74) is 4.18. The Hall–Kier alpha value is -0.196. The summed E-state index contributed by atoms with van der Waals surface area (Å²) in [5, 5.41) is 0. The minimum atomic E-state index is 0. The van der Waals surface area contributed by atoms with Crippen molar-refractivity contribution in [1.82, 2.24) is 0 Å². The molecule has 0 spiro atoms. The average molecular weight is 171 g/mol. The molecule has 0 atom stereocenters. The zero-order chi connectivity index (χ0) is 6.85. The van der Waals surface area contributed by atoms with Crippen LogP contribution in [-0.2, 0) is 18.6 Å². The molecule has 0 nitrogen and oxygen atoms in total. The second-order valence-corrected chi connectivity index (χ2v) is 2.52. The van der Waals surface area contributed by atoms with Gasteiger partial charge in [-0.3, -0.25) is 0 Å². The number of benzene rings is 1. The Bertz CT molecular complexity index is 196. The summed E-state index contributed by atoms with van der Waals surface area (Å²) in [5.74, 6) is 0. The van der Waals surface area contributed by atoms with Crippen LogP contribution in [0.15, 0.2) is 18.2 Å². The van der Waals surface area contributed by atoms with Crippen molar-refractivity contribution in [2.24, 2.45) is 0 Å². The van der Waals surface area contributed by atoms with Crippen molar-refractivity contribution in [2.75, 3.05) is 0 Å². The van der Waals surface area contributed by atoms with Crippen LogP contribution in [-0.4, -0.2) is 0 Å². The van der Waals surface area contributed by atoms with E-state index in [1.54, 1.807) is 0 Å². The van der Waals surface area contributed by atoms with E-state index in [1.807, 2.05) is 0 Å². The molecule has 0 aliphatic rings. The van der Waals surface area contributed by atoms with Crippen LogP contribution in [0.3, 0.4) is 0 Å². The van der Waals surface area contributed by atoms with Gasteiger partial charge in [-0.15, -0.1) is 0 Å². The monoisotopic (exact) mass is 171 g/mol. The average Bonchev–Trinajstić information content (AvgIpc) is 1.83. The molecule has 0 unspecified atom stereocenters. The maximum Gasteiger partial charge on any atom is 0 e. The summed E-state index contributed by atoms with van der Waals surface area (Å²) in [4.78, 5) is 0. The third-order valence-electron chi connectivity index (χ3n) is 1.88. The quantitative estimate of drug-likeness (QED) is 0.562. The van der Waals surface area contributed by atoms with Gasteiger partial charge in [-0.25, -0.2) is 0 Å². The predicted molar refractivity (Wildman–Crippen MR) is 40.7 cm³/mol. The zero-order valence-electron chi connectivity index (χ0n) is 6.68. The maximum absolute atomic E-state index is 2.16. The van der Waals surface area contributed by atoms with Gasteiger partial charge in [0.05, 0.1) is 0 Å². The molecular formula is C9H12V. The minimum absolute atomic E-state index is 0. The molecule has 1 rings (SSSR count). The van der Waals surface area contributed by atoms with Crippen molar-refractivity contribution in [3.63, 3.8) is 0 Å². The van der Waals surface area contributed by atoms with Crippen LogP contribution in [0, 0.1) is 20.8 Å². The fourth-order valence-corrected chi connectivity index (χ4v) is 0.898. The van der Waals surface area contributed by atoms with E-state index >= 15 is 0 Å². The van der Waals surface area contributed by atoms with Crippen LogP contribution in [0.2, 0.25) is 0 Å². The Morgan fingerprint density at radius 1 is 0.900 bits per heavy atom. The summed E-state index contributed by atoms with van der Waals surface area (Å²) >= 11 is 0.